The lowest BCUT2D eigenvalue weighted by molar-refractivity contribution is 0.375. The first-order chi connectivity index (χ1) is 13.2. The van der Waals surface area contributed by atoms with Gasteiger partial charge in [-0.15, -0.1) is 0 Å². The molecule has 6 nitrogen and oxygen atoms in total. The molecule has 3 aromatic rings. The number of guanidine groups is 1. The van der Waals surface area contributed by atoms with Crippen molar-refractivity contribution in [3.05, 3.63) is 70.8 Å². The van der Waals surface area contributed by atoms with Crippen molar-refractivity contribution in [3.8, 4) is 11.4 Å². The largest absolute Gasteiger partial charge is 0.356 e. The Morgan fingerprint density at radius 3 is 2.81 bits per heavy atom. The number of hydrogen-bond donors (Lipinski definition) is 2. The molecule has 0 saturated carbocycles. The van der Waals surface area contributed by atoms with Crippen molar-refractivity contribution in [1.29, 1.82) is 0 Å². The van der Waals surface area contributed by atoms with Crippen LogP contribution in [0.1, 0.15) is 11.5 Å². The third-order valence-corrected chi connectivity index (χ3v) is 4.06. The van der Waals surface area contributed by atoms with Gasteiger partial charge in [0.05, 0.1) is 6.54 Å². The number of rotatable bonds is 6. The van der Waals surface area contributed by atoms with Gasteiger partial charge in [-0.25, -0.2) is 4.39 Å². The van der Waals surface area contributed by atoms with Gasteiger partial charge in [0, 0.05) is 24.2 Å². The van der Waals surface area contributed by atoms with Crippen molar-refractivity contribution in [2.24, 2.45) is 4.99 Å². The van der Waals surface area contributed by atoms with Crippen molar-refractivity contribution in [3.63, 3.8) is 0 Å². The van der Waals surface area contributed by atoms with E-state index in [9.17, 15) is 4.39 Å². The van der Waals surface area contributed by atoms with E-state index in [0.29, 0.717) is 47.8 Å². The highest BCUT2D eigenvalue weighted by molar-refractivity contribution is 6.30. The van der Waals surface area contributed by atoms with Crippen LogP contribution in [-0.2, 0) is 13.0 Å². The minimum Gasteiger partial charge on any atom is -0.356 e. The number of hydrogen-bond acceptors (Lipinski definition) is 4. The molecule has 0 radical (unpaired) electrons. The van der Waals surface area contributed by atoms with Gasteiger partial charge >= 0.3 is 0 Å². The second-order valence-electron chi connectivity index (χ2n) is 5.72. The Morgan fingerprint density at radius 1 is 1.19 bits per heavy atom. The summed E-state index contributed by atoms with van der Waals surface area (Å²) >= 11 is 5.98. The van der Waals surface area contributed by atoms with Gasteiger partial charge in [0.1, 0.15) is 5.82 Å². The first-order valence-corrected chi connectivity index (χ1v) is 8.80. The molecular weight excluding hydrogens is 369 g/mol. The number of aliphatic imine (C=N–C) groups is 1. The van der Waals surface area contributed by atoms with Gasteiger partial charge < -0.3 is 15.2 Å². The first kappa shape index (κ1) is 18.8. The topological polar surface area (TPSA) is 75.3 Å². The van der Waals surface area contributed by atoms with Crippen molar-refractivity contribution in [2.75, 3.05) is 13.6 Å². The molecule has 0 aliphatic heterocycles. The van der Waals surface area contributed by atoms with Crippen LogP contribution in [0.2, 0.25) is 5.02 Å². The molecule has 0 amide bonds. The molecule has 0 aliphatic rings. The van der Waals surface area contributed by atoms with Crippen molar-refractivity contribution in [2.45, 2.75) is 13.0 Å². The van der Waals surface area contributed by atoms with Crippen molar-refractivity contribution < 1.29 is 8.91 Å². The summed E-state index contributed by atoms with van der Waals surface area (Å²) < 4.78 is 18.9. The van der Waals surface area contributed by atoms with Crippen LogP contribution in [-0.4, -0.2) is 29.7 Å². The molecular formula is C19H19ClFN5O. The minimum absolute atomic E-state index is 0.207. The Kier molecular flexibility index (Phi) is 6.38. The van der Waals surface area contributed by atoms with Crippen LogP contribution >= 0.6 is 11.6 Å². The first-order valence-electron chi connectivity index (χ1n) is 8.42. The van der Waals surface area contributed by atoms with E-state index in [-0.39, 0.29) is 5.82 Å². The van der Waals surface area contributed by atoms with Crippen LogP contribution in [0.4, 0.5) is 4.39 Å². The highest BCUT2D eigenvalue weighted by atomic mass is 35.5. The van der Waals surface area contributed by atoms with E-state index >= 15 is 0 Å². The van der Waals surface area contributed by atoms with Gasteiger partial charge in [-0.05, 0) is 30.2 Å². The third kappa shape index (κ3) is 5.27. The summed E-state index contributed by atoms with van der Waals surface area (Å²) in [4.78, 5) is 8.46. The maximum atomic E-state index is 13.6. The number of nitrogens with one attached hydrogen (secondary N) is 2. The Balaban J connectivity index is 1.50. The van der Waals surface area contributed by atoms with Gasteiger partial charge in [0.15, 0.2) is 5.96 Å². The average molecular weight is 388 g/mol. The van der Waals surface area contributed by atoms with Gasteiger partial charge in [-0.3, -0.25) is 4.99 Å². The highest BCUT2D eigenvalue weighted by Gasteiger charge is 2.09. The zero-order valence-electron chi connectivity index (χ0n) is 14.7. The summed E-state index contributed by atoms with van der Waals surface area (Å²) in [6.07, 6.45) is 0.548. The molecule has 2 N–H and O–H groups in total. The smallest absolute Gasteiger partial charge is 0.246 e. The number of benzene rings is 2. The standard InChI is InChI=1S/C19H19ClFN5O/c1-22-19(23-10-9-13-5-2-3-8-16(13)21)24-12-17-25-18(26-27-17)14-6-4-7-15(20)11-14/h2-8,11H,9-10,12H2,1H3,(H2,22,23,24). The second-order valence-corrected chi connectivity index (χ2v) is 6.15. The van der Waals surface area contributed by atoms with Crippen LogP contribution in [0.25, 0.3) is 11.4 Å². The van der Waals surface area contributed by atoms with E-state index in [2.05, 4.69) is 25.8 Å². The number of nitrogens with zero attached hydrogens (tertiary/aromatic N) is 3. The zero-order chi connectivity index (χ0) is 19.1. The molecule has 1 heterocycles. The second kappa shape index (κ2) is 9.14. The molecule has 3 rings (SSSR count). The highest BCUT2D eigenvalue weighted by Crippen LogP contribution is 2.19. The lowest BCUT2D eigenvalue weighted by Crippen LogP contribution is -2.38. The van der Waals surface area contributed by atoms with E-state index in [1.165, 1.54) is 6.07 Å². The summed E-state index contributed by atoms with van der Waals surface area (Å²) in [6, 6.07) is 14.0. The van der Waals surface area contributed by atoms with Gasteiger partial charge in [0.2, 0.25) is 11.7 Å². The maximum Gasteiger partial charge on any atom is 0.246 e. The maximum absolute atomic E-state index is 13.6. The summed E-state index contributed by atoms with van der Waals surface area (Å²) in [5.41, 5.74) is 1.44. The van der Waals surface area contributed by atoms with Gasteiger partial charge in [-0.2, -0.15) is 4.98 Å². The minimum atomic E-state index is -0.207. The number of aromatic nitrogens is 2. The average Bonchev–Trinajstić information content (AvgIpc) is 3.15. The van der Waals surface area contributed by atoms with Gasteiger partial charge in [-0.1, -0.05) is 47.1 Å². The van der Waals surface area contributed by atoms with Crippen LogP contribution in [0.3, 0.4) is 0 Å². The Bertz CT molecular complexity index is 928. The molecule has 0 saturated heterocycles. The van der Waals surface area contributed by atoms with E-state index in [0.717, 1.165) is 5.56 Å². The zero-order valence-corrected chi connectivity index (χ0v) is 15.5. The summed E-state index contributed by atoms with van der Waals surface area (Å²) in [5.74, 6) is 1.24. The van der Waals surface area contributed by atoms with Crippen LogP contribution in [0.5, 0.6) is 0 Å². The number of halogens is 2. The predicted molar refractivity (Wildman–Crippen MR) is 103 cm³/mol. The van der Waals surface area contributed by atoms with E-state index in [4.69, 9.17) is 16.1 Å². The van der Waals surface area contributed by atoms with Crippen LogP contribution in [0.15, 0.2) is 58.0 Å². The fraction of sp³-hybridized carbons (Fsp3) is 0.211. The quantitative estimate of drug-likeness (QED) is 0.500. The molecule has 0 spiro atoms. The summed E-state index contributed by atoms with van der Waals surface area (Å²) in [5, 5.41) is 10.8. The van der Waals surface area contributed by atoms with Crippen molar-refractivity contribution in [1.82, 2.24) is 20.8 Å². The molecule has 0 atom stereocenters. The molecule has 0 bridgehead atoms. The molecule has 0 unspecified atom stereocenters. The molecule has 1 aromatic heterocycles. The lowest BCUT2D eigenvalue weighted by atomic mass is 10.1. The van der Waals surface area contributed by atoms with E-state index in [1.807, 2.05) is 18.2 Å². The van der Waals surface area contributed by atoms with Crippen molar-refractivity contribution >= 4 is 17.6 Å². The molecule has 0 aliphatic carbocycles. The van der Waals surface area contributed by atoms with Gasteiger partial charge in [0.25, 0.3) is 0 Å². The van der Waals surface area contributed by atoms with E-state index < -0.39 is 0 Å². The third-order valence-electron chi connectivity index (χ3n) is 3.83. The van der Waals surface area contributed by atoms with Crippen LogP contribution < -0.4 is 10.6 Å². The molecule has 2 aromatic carbocycles. The Morgan fingerprint density at radius 2 is 2.04 bits per heavy atom. The fourth-order valence-corrected chi connectivity index (χ4v) is 2.66. The normalized spacial score (nSPS) is 11.4. The molecule has 140 valence electrons. The molecule has 8 heteroatoms. The molecule has 0 fully saturated rings. The predicted octanol–water partition coefficient (Wildman–Crippen LogP) is 3.44. The lowest BCUT2D eigenvalue weighted by Gasteiger charge is -2.10. The SMILES string of the molecule is CN=C(NCCc1ccccc1F)NCc1nc(-c2cccc(Cl)c2)no1. The monoisotopic (exact) mass is 387 g/mol. The Labute approximate surface area is 161 Å². The fourth-order valence-electron chi connectivity index (χ4n) is 2.47. The van der Waals surface area contributed by atoms with E-state index in [1.54, 1.807) is 31.3 Å². The summed E-state index contributed by atoms with van der Waals surface area (Å²) in [6.45, 7) is 0.852. The summed E-state index contributed by atoms with van der Waals surface area (Å²) in [7, 11) is 1.66. The Hall–Kier alpha value is -2.93. The molecule has 27 heavy (non-hydrogen) atoms. The van der Waals surface area contributed by atoms with Crippen LogP contribution in [0, 0.1) is 5.82 Å².